The largest absolute Gasteiger partial charge is 0.343 e. The molecule has 0 aliphatic carbocycles. The van der Waals surface area contributed by atoms with E-state index in [1.807, 2.05) is 58.0 Å². The van der Waals surface area contributed by atoms with Gasteiger partial charge in [0.15, 0.2) is 0 Å². The summed E-state index contributed by atoms with van der Waals surface area (Å²) in [4.78, 5) is 25.3. The summed E-state index contributed by atoms with van der Waals surface area (Å²) < 4.78 is 0. The van der Waals surface area contributed by atoms with Gasteiger partial charge >= 0.3 is 0 Å². The molecule has 0 saturated carbocycles. The van der Waals surface area contributed by atoms with Crippen molar-refractivity contribution in [3.63, 3.8) is 0 Å². The summed E-state index contributed by atoms with van der Waals surface area (Å²) in [5.74, 6) is -0.138. The summed E-state index contributed by atoms with van der Waals surface area (Å²) in [5, 5.41) is 17.5. The van der Waals surface area contributed by atoms with Gasteiger partial charge in [0.25, 0.3) is 0 Å². The Kier molecular flexibility index (Phi) is 9.38. The molecule has 2 atom stereocenters. The number of para-hydroxylation sites is 1. The van der Waals surface area contributed by atoms with Gasteiger partial charge in [0.1, 0.15) is 6.04 Å². The second kappa shape index (κ2) is 11.3. The monoisotopic (exact) mass is 358 g/mol. The Labute approximate surface area is 156 Å². The molecule has 0 radical (unpaired) electrons. The summed E-state index contributed by atoms with van der Waals surface area (Å²) >= 11 is 0. The summed E-state index contributed by atoms with van der Waals surface area (Å²) in [6, 6.07) is 10.2. The predicted molar refractivity (Wildman–Crippen MR) is 103 cm³/mol. The van der Waals surface area contributed by atoms with Crippen LogP contribution in [0.1, 0.15) is 40.5 Å². The zero-order valence-electron chi connectivity index (χ0n) is 16.1. The van der Waals surface area contributed by atoms with Crippen LogP contribution in [0.2, 0.25) is 0 Å². The standard InChI is InChI=1S/C20H30N4O2/c1-14(2)13-17(19(25)23-16-9-6-5-7-10-16)24-20(26)18(15(3)4)22-12-8-11-21/h5-7,9-10,14-15,17-18,22H,8,12-13H2,1-4H3,(H,23,25)(H,24,26)/t17-,18+/m1/s1. The lowest BCUT2D eigenvalue weighted by Crippen LogP contribution is -2.53. The van der Waals surface area contributed by atoms with Gasteiger partial charge in [-0.3, -0.25) is 9.59 Å². The molecule has 0 aromatic heterocycles. The number of hydrogen-bond donors (Lipinski definition) is 3. The molecule has 0 aliphatic heterocycles. The van der Waals surface area contributed by atoms with Crippen LogP contribution in [0, 0.1) is 23.2 Å². The highest BCUT2D eigenvalue weighted by molar-refractivity contribution is 5.97. The first-order valence-corrected chi connectivity index (χ1v) is 9.11. The molecule has 1 aromatic rings. The topological polar surface area (TPSA) is 94.0 Å². The number of amides is 2. The van der Waals surface area contributed by atoms with E-state index in [0.29, 0.717) is 25.1 Å². The second-order valence-electron chi connectivity index (χ2n) is 7.13. The quantitative estimate of drug-likeness (QED) is 0.561. The number of carbonyl (C=O) groups excluding carboxylic acids is 2. The smallest absolute Gasteiger partial charge is 0.246 e. The van der Waals surface area contributed by atoms with E-state index in [0.717, 1.165) is 0 Å². The average molecular weight is 358 g/mol. The molecular formula is C20H30N4O2. The van der Waals surface area contributed by atoms with Crippen molar-refractivity contribution in [3.8, 4) is 6.07 Å². The molecule has 0 aliphatic rings. The number of hydrogen-bond acceptors (Lipinski definition) is 4. The molecule has 0 bridgehead atoms. The number of nitrogens with one attached hydrogen (secondary N) is 3. The van der Waals surface area contributed by atoms with Crippen molar-refractivity contribution in [1.29, 1.82) is 5.26 Å². The minimum Gasteiger partial charge on any atom is -0.343 e. The third-order valence-electron chi connectivity index (χ3n) is 3.93. The Morgan fingerprint density at radius 2 is 1.73 bits per heavy atom. The molecule has 3 N–H and O–H groups in total. The SMILES string of the molecule is CC(C)C[C@@H](NC(=O)[C@@H](NCCC#N)C(C)C)C(=O)Nc1ccccc1. The van der Waals surface area contributed by atoms with Crippen LogP contribution in [0.4, 0.5) is 5.69 Å². The molecule has 1 aromatic carbocycles. The Morgan fingerprint density at radius 1 is 1.08 bits per heavy atom. The lowest BCUT2D eigenvalue weighted by molar-refractivity contribution is -0.129. The lowest BCUT2D eigenvalue weighted by Gasteiger charge is -2.26. The fraction of sp³-hybridized carbons (Fsp3) is 0.550. The van der Waals surface area contributed by atoms with Gasteiger partial charge in [-0.2, -0.15) is 5.26 Å². The van der Waals surface area contributed by atoms with Gasteiger partial charge in [-0.15, -0.1) is 0 Å². The maximum absolute atomic E-state index is 12.7. The Balaban J connectivity index is 2.79. The highest BCUT2D eigenvalue weighted by Crippen LogP contribution is 2.11. The molecule has 6 nitrogen and oxygen atoms in total. The Bertz CT molecular complexity index is 608. The summed E-state index contributed by atoms with van der Waals surface area (Å²) in [7, 11) is 0. The van der Waals surface area contributed by atoms with Crippen molar-refractivity contribution in [2.75, 3.05) is 11.9 Å². The van der Waals surface area contributed by atoms with Crippen molar-refractivity contribution in [2.24, 2.45) is 11.8 Å². The molecule has 0 spiro atoms. The van der Waals surface area contributed by atoms with Crippen LogP contribution in [-0.2, 0) is 9.59 Å². The number of benzene rings is 1. The van der Waals surface area contributed by atoms with E-state index >= 15 is 0 Å². The number of anilines is 1. The number of rotatable bonds is 10. The van der Waals surface area contributed by atoms with E-state index in [9.17, 15) is 9.59 Å². The summed E-state index contributed by atoms with van der Waals surface area (Å²) in [6.07, 6.45) is 0.883. The van der Waals surface area contributed by atoms with Gasteiger partial charge in [-0.25, -0.2) is 0 Å². The Hall–Kier alpha value is -2.39. The fourth-order valence-corrected chi connectivity index (χ4v) is 2.63. The maximum atomic E-state index is 12.7. The molecule has 26 heavy (non-hydrogen) atoms. The van der Waals surface area contributed by atoms with Gasteiger partial charge < -0.3 is 16.0 Å². The minimum absolute atomic E-state index is 0.0468. The van der Waals surface area contributed by atoms with Crippen LogP contribution in [0.15, 0.2) is 30.3 Å². The summed E-state index contributed by atoms with van der Waals surface area (Å²) in [5.41, 5.74) is 0.702. The van der Waals surface area contributed by atoms with Crippen LogP contribution in [0.5, 0.6) is 0 Å². The van der Waals surface area contributed by atoms with Crippen molar-refractivity contribution in [1.82, 2.24) is 10.6 Å². The molecule has 1 rings (SSSR count). The van der Waals surface area contributed by atoms with Gasteiger partial charge in [0.05, 0.1) is 12.1 Å². The second-order valence-corrected chi connectivity index (χ2v) is 7.13. The lowest BCUT2D eigenvalue weighted by atomic mass is 10.00. The van der Waals surface area contributed by atoms with Crippen LogP contribution in [-0.4, -0.2) is 30.4 Å². The molecule has 0 fully saturated rings. The molecule has 0 heterocycles. The third-order valence-corrected chi connectivity index (χ3v) is 3.93. The molecule has 2 amide bonds. The maximum Gasteiger partial charge on any atom is 0.246 e. The molecule has 142 valence electrons. The van der Waals surface area contributed by atoms with Crippen LogP contribution >= 0.6 is 0 Å². The molecule has 0 saturated heterocycles. The van der Waals surface area contributed by atoms with E-state index in [1.54, 1.807) is 0 Å². The molecular weight excluding hydrogens is 328 g/mol. The first-order valence-electron chi connectivity index (χ1n) is 9.11. The number of carbonyl (C=O) groups is 2. The van der Waals surface area contributed by atoms with Gasteiger partial charge in [-0.1, -0.05) is 45.9 Å². The van der Waals surface area contributed by atoms with E-state index in [4.69, 9.17) is 5.26 Å². The van der Waals surface area contributed by atoms with E-state index in [-0.39, 0.29) is 23.7 Å². The zero-order chi connectivity index (χ0) is 19.5. The first kappa shape index (κ1) is 21.7. The minimum atomic E-state index is -0.610. The van der Waals surface area contributed by atoms with Crippen molar-refractivity contribution in [2.45, 2.75) is 52.6 Å². The molecule has 6 heteroatoms. The van der Waals surface area contributed by atoms with E-state index < -0.39 is 12.1 Å². The Morgan fingerprint density at radius 3 is 2.27 bits per heavy atom. The third kappa shape index (κ3) is 7.66. The average Bonchev–Trinajstić information content (AvgIpc) is 2.58. The highest BCUT2D eigenvalue weighted by Gasteiger charge is 2.27. The van der Waals surface area contributed by atoms with Crippen LogP contribution in [0.3, 0.4) is 0 Å². The van der Waals surface area contributed by atoms with E-state index in [2.05, 4.69) is 22.0 Å². The van der Waals surface area contributed by atoms with Crippen LogP contribution in [0.25, 0.3) is 0 Å². The number of nitriles is 1. The normalized spacial score (nSPS) is 13.1. The van der Waals surface area contributed by atoms with Crippen molar-refractivity contribution >= 4 is 17.5 Å². The molecule has 0 unspecified atom stereocenters. The fourth-order valence-electron chi connectivity index (χ4n) is 2.63. The number of nitrogens with zero attached hydrogens (tertiary/aromatic N) is 1. The van der Waals surface area contributed by atoms with Gasteiger partial charge in [-0.05, 0) is 30.4 Å². The van der Waals surface area contributed by atoms with E-state index in [1.165, 1.54) is 0 Å². The van der Waals surface area contributed by atoms with Gasteiger partial charge in [0, 0.05) is 18.7 Å². The zero-order valence-corrected chi connectivity index (χ0v) is 16.1. The van der Waals surface area contributed by atoms with Crippen molar-refractivity contribution < 1.29 is 9.59 Å². The van der Waals surface area contributed by atoms with Crippen LogP contribution < -0.4 is 16.0 Å². The predicted octanol–water partition coefficient (Wildman–Crippen LogP) is 2.68. The highest BCUT2D eigenvalue weighted by atomic mass is 16.2. The van der Waals surface area contributed by atoms with Gasteiger partial charge in [0.2, 0.25) is 11.8 Å². The summed E-state index contributed by atoms with van der Waals surface area (Å²) in [6.45, 7) is 8.34. The van der Waals surface area contributed by atoms with Crippen molar-refractivity contribution in [3.05, 3.63) is 30.3 Å². The first-order chi connectivity index (χ1) is 12.3.